The summed E-state index contributed by atoms with van der Waals surface area (Å²) >= 11 is 0. The number of ether oxygens (including phenoxy) is 2. The Morgan fingerprint density at radius 3 is 2.91 bits per heavy atom. The van der Waals surface area contributed by atoms with Crippen molar-refractivity contribution in [3.05, 3.63) is 23.8 Å². The number of aryl methyl sites for hydroxylation is 1. The Balaban J connectivity index is 1.68. The van der Waals surface area contributed by atoms with E-state index in [-0.39, 0.29) is 12.5 Å². The Bertz CT molecular complexity index is 705. The van der Waals surface area contributed by atoms with E-state index in [1.165, 1.54) is 9.79 Å². The molecule has 2 aliphatic heterocycles. The van der Waals surface area contributed by atoms with Crippen molar-refractivity contribution in [2.75, 3.05) is 19.1 Å². The first-order valence-electron chi connectivity index (χ1n) is 7.33. The highest BCUT2D eigenvalue weighted by Gasteiger charge is 2.38. The monoisotopic (exact) mass is 342 g/mol. The number of amides is 1. The first kappa shape index (κ1) is 16.0. The molecule has 3 rings (SSSR count). The molecule has 23 heavy (non-hydrogen) atoms. The van der Waals surface area contributed by atoms with Gasteiger partial charge in [0.1, 0.15) is 6.04 Å². The van der Waals surface area contributed by atoms with Gasteiger partial charge in [0, 0.05) is 6.54 Å². The Morgan fingerprint density at radius 1 is 1.35 bits per heavy atom. The second-order valence-corrected chi connectivity index (χ2v) is 7.54. The van der Waals surface area contributed by atoms with Gasteiger partial charge in [-0.05, 0) is 37.0 Å². The molecule has 1 amide bonds. The van der Waals surface area contributed by atoms with Crippen LogP contribution in [0.1, 0.15) is 18.4 Å². The number of hydrogen-bond donors (Lipinski definition) is 2. The number of carbonyl (C=O) groups excluding carboxylic acids is 1. The summed E-state index contributed by atoms with van der Waals surface area (Å²) in [5.41, 5.74) is 2.36. The SMILES string of the molecule is O=C(NO)[C@H]1CCCN1S(=O)(=O)CCc1ccc2c(c1)OCO2. The van der Waals surface area contributed by atoms with Crippen LogP contribution in [0, 0.1) is 0 Å². The lowest BCUT2D eigenvalue weighted by molar-refractivity contribution is -0.132. The second-order valence-electron chi connectivity index (χ2n) is 5.50. The van der Waals surface area contributed by atoms with Crippen LogP contribution in [-0.2, 0) is 21.2 Å². The maximum atomic E-state index is 12.5. The third kappa shape index (κ3) is 3.26. The number of nitrogens with zero attached hydrogens (tertiary/aromatic N) is 1. The molecule has 126 valence electrons. The summed E-state index contributed by atoms with van der Waals surface area (Å²) in [5, 5.41) is 8.73. The van der Waals surface area contributed by atoms with E-state index in [9.17, 15) is 13.2 Å². The average Bonchev–Trinajstić information content (AvgIpc) is 3.20. The Morgan fingerprint density at radius 2 is 2.13 bits per heavy atom. The molecule has 0 bridgehead atoms. The number of carbonyl (C=O) groups is 1. The van der Waals surface area contributed by atoms with Crippen LogP contribution in [0.2, 0.25) is 0 Å². The van der Waals surface area contributed by atoms with E-state index in [1.807, 2.05) is 0 Å². The number of hydroxylamine groups is 1. The Labute approximate surface area is 134 Å². The van der Waals surface area contributed by atoms with Gasteiger partial charge in [0.15, 0.2) is 11.5 Å². The molecule has 1 saturated heterocycles. The van der Waals surface area contributed by atoms with Crippen molar-refractivity contribution in [1.82, 2.24) is 9.79 Å². The zero-order valence-corrected chi connectivity index (χ0v) is 13.2. The van der Waals surface area contributed by atoms with Crippen molar-refractivity contribution < 1.29 is 27.9 Å². The molecular weight excluding hydrogens is 324 g/mol. The number of hydrogen-bond acceptors (Lipinski definition) is 6. The van der Waals surface area contributed by atoms with Gasteiger partial charge in [0.05, 0.1) is 5.75 Å². The van der Waals surface area contributed by atoms with Gasteiger partial charge >= 0.3 is 0 Å². The van der Waals surface area contributed by atoms with Gasteiger partial charge < -0.3 is 9.47 Å². The van der Waals surface area contributed by atoms with Gasteiger partial charge in [0.2, 0.25) is 16.8 Å². The first-order valence-corrected chi connectivity index (χ1v) is 8.94. The molecule has 1 fully saturated rings. The molecule has 0 unspecified atom stereocenters. The standard InChI is InChI=1S/C14H18N2O6S/c17-14(15-18)11-2-1-6-16(11)23(19,20)7-5-10-3-4-12-13(8-10)22-9-21-12/h3-4,8,11,18H,1-2,5-7,9H2,(H,15,17)/t11-/m1/s1. The predicted octanol–water partition coefficient (Wildman–Crippen LogP) is 0.257. The largest absolute Gasteiger partial charge is 0.454 e. The van der Waals surface area contributed by atoms with Crippen molar-refractivity contribution in [1.29, 1.82) is 0 Å². The van der Waals surface area contributed by atoms with Crippen molar-refractivity contribution in [3.63, 3.8) is 0 Å². The highest BCUT2D eigenvalue weighted by Crippen LogP contribution is 2.32. The van der Waals surface area contributed by atoms with Gasteiger partial charge in [-0.3, -0.25) is 10.0 Å². The number of rotatable bonds is 5. The van der Waals surface area contributed by atoms with Crippen molar-refractivity contribution in [2.24, 2.45) is 0 Å². The number of benzene rings is 1. The maximum Gasteiger partial charge on any atom is 0.261 e. The molecule has 2 N–H and O–H groups in total. The quantitative estimate of drug-likeness (QED) is 0.587. The smallest absolute Gasteiger partial charge is 0.261 e. The maximum absolute atomic E-state index is 12.5. The summed E-state index contributed by atoms with van der Waals surface area (Å²) in [5.74, 6) is 0.463. The molecule has 2 heterocycles. The molecule has 0 aromatic heterocycles. The highest BCUT2D eigenvalue weighted by molar-refractivity contribution is 7.89. The van der Waals surface area contributed by atoms with Gasteiger partial charge in [0.25, 0.3) is 5.91 Å². The fourth-order valence-corrected chi connectivity index (χ4v) is 4.59. The molecule has 0 aliphatic carbocycles. The van der Waals surface area contributed by atoms with Gasteiger partial charge in [-0.1, -0.05) is 6.07 Å². The fraction of sp³-hybridized carbons (Fsp3) is 0.500. The lowest BCUT2D eigenvalue weighted by atomic mass is 10.1. The van der Waals surface area contributed by atoms with E-state index in [1.54, 1.807) is 18.2 Å². The van der Waals surface area contributed by atoms with Gasteiger partial charge in [-0.2, -0.15) is 4.31 Å². The number of nitrogens with one attached hydrogen (secondary N) is 1. The van der Waals surface area contributed by atoms with E-state index >= 15 is 0 Å². The van der Waals surface area contributed by atoms with Crippen LogP contribution in [0.15, 0.2) is 18.2 Å². The van der Waals surface area contributed by atoms with Crippen molar-refractivity contribution in [3.8, 4) is 11.5 Å². The third-order valence-electron chi connectivity index (χ3n) is 4.06. The first-order chi connectivity index (χ1) is 11.0. The van der Waals surface area contributed by atoms with Crippen LogP contribution in [0.25, 0.3) is 0 Å². The summed E-state index contributed by atoms with van der Waals surface area (Å²) < 4.78 is 36.6. The normalized spacial score (nSPS) is 20.7. The molecule has 1 aromatic rings. The van der Waals surface area contributed by atoms with Crippen LogP contribution >= 0.6 is 0 Å². The molecule has 0 saturated carbocycles. The van der Waals surface area contributed by atoms with Crippen LogP contribution in [0.3, 0.4) is 0 Å². The summed E-state index contributed by atoms with van der Waals surface area (Å²) in [6.45, 7) is 0.463. The Hall–Kier alpha value is -1.84. The molecule has 2 aliphatic rings. The molecule has 1 aromatic carbocycles. The summed E-state index contributed by atoms with van der Waals surface area (Å²) in [7, 11) is -3.59. The van der Waals surface area contributed by atoms with E-state index < -0.39 is 22.0 Å². The number of sulfonamides is 1. The minimum absolute atomic E-state index is 0.109. The topological polar surface area (TPSA) is 105 Å². The fourth-order valence-electron chi connectivity index (χ4n) is 2.87. The predicted molar refractivity (Wildman–Crippen MR) is 79.7 cm³/mol. The summed E-state index contributed by atoms with van der Waals surface area (Å²) in [6, 6.07) is 4.48. The Kier molecular flexibility index (Phi) is 4.42. The molecule has 9 heteroatoms. The molecule has 8 nitrogen and oxygen atoms in total. The van der Waals surface area contributed by atoms with E-state index in [0.717, 1.165) is 5.56 Å². The van der Waals surface area contributed by atoms with E-state index in [0.29, 0.717) is 37.3 Å². The van der Waals surface area contributed by atoms with Crippen molar-refractivity contribution in [2.45, 2.75) is 25.3 Å². The van der Waals surface area contributed by atoms with Crippen LogP contribution in [0.4, 0.5) is 0 Å². The van der Waals surface area contributed by atoms with E-state index in [2.05, 4.69) is 0 Å². The zero-order valence-electron chi connectivity index (χ0n) is 12.4. The molecular formula is C14H18N2O6S. The van der Waals surface area contributed by atoms with Crippen LogP contribution in [0.5, 0.6) is 11.5 Å². The molecule has 0 spiro atoms. The third-order valence-corrected chi connectivity index (χ3v) is 5.93. The molecule has 0 radical (unpaired) electrons. The van der Waals surface area contributed by atoms with Gasteiger partial charge in [-0.15, -0.1) is 0 Å². The van der Waals surface area contributed by atoms with E-state index in [4.69, 9.17) is 14.7 Å². The zero-order chi connectivity index (χ0) is 16.4. The van der Waals surface area contributed by atoms with Crippen molar-refractivity contribution >= 4 is 15.9 Å². The minimum atomic E-state index is -3.59. The minimum Gasteiger partial charge on any atom is -0.454 e. The lowest BCUT2D eigenvalue weighted by Crippen LogP contribution is -2.46. The summed E-state index contributed by atoms with van der Waals surface area (Å²) in [6.07, 6.45) is 1.32. The second kappa shape index (κ2) is 6.34. The summed E-state index contributed by atoms with van der Waals surface area (Å²) in [4.78, 5) is 11.6. The van der Waals surface area contributed by atoms with Gasteiger partial charge in [-0.25, -0.2) is 13.9 Å². The van der Waals surface area contributed by atoms with Crippen LogP contribution < -0.4 is 15.0 Å². The average molecular weight is 342 g/mol. The lowest BCUT2D eigenvalue weighted by Gasteiger charge is -2.22. The van der Waals surface area contributed by atoms with Crippen LogP contribution in [-0.4, -0.2) is 49.0 Å². The highest BCUT2D eigenvalue weighted by atomic mass is 32.2. The molecule has 1 atom stereocenters. The number of fused-ring (bicyclic) bond motifs is 1.